The van der Waals surface area contributed by atoms with Crippen molar-refractivity contribution < 1.29 is 9.84 Å². The number of methoxy groups -OCH3 is 1. The van der Waals surface area contributed by atoms with Gasteiger partial charge in [-0.25, -0.2) is 0 Å². The molecule has 2 aromatic carbocycles. The van der Waals surface area contributed by atoms with Crippen molar-refractivity contribution in [3.05, 3.63) is 59.2 Å². The first kappa shape index (κ1) is 14.2. The van der Waals surface area contributed by atoms with Gasteiger partial charge >= 0.3 is 0 Å². The van der Waals surface area contributed by atoms with Gasteiger partial charge in [0.25, 0.3) is 0 Å². The first-order chi connectivity index (χ1) is 10.7. The Morgan fingerprint density at radius 2 is 2.05 bits per heavy atom. The van der Waals surface area contributed by atoms with E-state index in [2.05, 4.69) is 29.0 Å². The zero-order chi connectivity index (χ0) is 15.5. The summed E-state index contributed by atoms with van der Waals surface area (Å²) in [6.07, 6.45) is 1.71. The van der Waals surface area contributed by atoms with Gasteiger partial charge in [0.05, 0.1) is 19.2 Å². The largest absolute Gasteiger partial charge is 0.497 e. The summed E-state index contributed by atoms with van der Waals surface area (Å²) in [7, 11) is 1.62. The summed E-state index contributed by atoms with van der Waals surface area (Å²) >= 11 is 0. The Hall–Kier alpha value is -2.75. The van der Waals surface area contributed by atoms with E-state index in [1.165, 1.54) is 11.1 Å². The summed E-state index contributed by atoms with van der Waals surface area (Å²) in [6, 6.07) is 13.8. The second kappa shape index (κ2) is 5.93. The van der Waals surface area contributed by atoms with E-state index in [0.29, 0.717) is 12.1 Å². The number of nitrogens with one attached hydrogen (secondary N) is 1. The van der Waals surface area contributed by atoms with Crippen molar-refractivity contribution in [1.82, 2.24) is 4.98 Å². The van der Waals surface area contributed by atoms with E-state index in [0.717, 1.165) is 16.7 Å². The van der Waals surface area contributed by atoms with E-state index >= 15 is 0 Å². The number of rotatable bonds is 4. The Balaban J connectivity index is 1.91. The Morgan fingerprint density at radius 3 is 2.82 bits per heavy atom. The summed E-state index contributed by atoms with van der Waals surface area (Å²) in [5, 5.41) is 11.0. The third kappa shape index (κ3) is 2.68. The second-order valence-corrected chi connectivity index (χ2v) is 5.20. The molecule has 0 aliphatic heterocycles. The van der Waals surface area contributed by atoms with Crippen LogP contribution in [0.4, 0.5) is 0 Å². The molecule has 0 fully saturated rings. The highest BCUT2D eigenvalue weighted by Gasteiger charge is 2.09. The van der Waals surface area contributed by atoms with Crippen LogP contribution in [0.3, 0.4) is 0 Å². The lowest BCUT2D eigenvalue weighted by molar-refractivity contribution is 0.415. The second-order valence-electron chi connectivity index (χ2n) is 5.20. The lowest BCUT2D eigenvalue weighted by atomic mass is 10.1. The molecule has 0 unspecified atom stereocenters. The van der Waals surface area contributed by atoms with Crippen molar-refractivity contribution in [3.63, 3.8) is 0 Å². The lowest BCUT2D eigenvalue weighted by Gasteiger charge is -2.01. The van der Waals surface area contributed by atoms with Gasteiger partial charge in [-0.1, -0.05) is 24.3 Å². The molecule has 0 aliphatic rings. The fraction of sp³-hybridized carbons (Fsp3) is 0.167. The van der Waals surface area contributed by atoms with E-state index in [4.69, 9.17) is 4.74 Å². The quantitative estimate of drug-likeness (QED) is 0.719. The number of fused-ring (bicyclic) bond motifs is 1. The third-order valence-corrected chi connectivity index (χ3v) is 3.77. The number of aromatic hydroxyl groups is 1. The number of nitrogens with zero attached hydrogens (tertiary/aromatic N) is 1. The van der Waals surface area contributed by atoms with E-state index in [9.17, 15) is 5.11 Å². The predicted molar refractivity (Wildman–Crippen MR) is 89.0 cm³/mol. The molecule has 3 aromatic rings. The van der Waals surface area contributed by atoms with Gasteiger partial charge in [0, 0.05) is 17.1 Å². The van der Waals surface area contributed by atoms with Crippen molar-refractivity contribution >= 4 is 17.1 Å². The minimum Gasteiger partial charge on any atom is -0.497 e. The average molecular weight is 294 g/mol. The van der Waals surface area contributed by atoms with Crippen LogP contribution in [0.25, 0.3) is 10.9 Å². The Morgan fingerprint density at radius 1 is 1.23 bits per heavy atom. The van der Waals surface area contributed by atoms with Crippen LogP contribution in [0.2, 0.25) is 0 Å². The van der Waals surface area contributed by atoms with E-state index < -0.39 is 0 Å². The highest BCUT2D eigenvalue weighted by Crippen LogP contribution is 2.28. The van der Waals surface area contributed by atoms with Crippen LogP contribution in [0.15, 0.2) is 47.5 Å². The van der Waals surface area contributed by atoms with E-state index in [1.54, 1.807) is 13.3 Å². The summed E-state index contributed by atoms with van der Waals surface area (Å²) in [5.74, 6) is 0.872. The maximum Gasteiger partial charge on any atom is 0.198 e. The normalized spacial score (nSPS) is 11.4. The Labute approximate surface area is 129 Å². The van der Waals surface area contributed by atoms with Crippen molar-refractivity contribution in [2.24, 2.45) is 4.99 Å². The van der Waals surface area contributed by atoms with Crippen molar-refractivity contribution in [2.75, 3.05) is 7.11 Å². The molecule has 1 aromatic heterocycles. The van der Waals surface area contributed by atoms with Crippen LogP contribution in [0, 0.1) is 6.92 Å². The van der Waals surface area contributed by atoms with Crippen molar-refractivity contribution in [3.8, 4) is 11.6 Å². The summed E-state index contributed by atoms with van der Waals surface area (Å²) < 4.78 is 5.24. The van der Waals surface area contributed by atoms with Crippen LogP contribution < -0.4 is 4.74 Å². The summed E-state index contributed by atoms with van der Waals surface area (Å²) in [4.78, 5) is 7.41. The predicted octanol–water partition coefficient (Wildman–Crippen LogP) is 3.81. The molecule has 4 heteroatoms. The molecule has 0 saturated heterocycles. The van der Waals surface area contributed by atoms with Crippen molar-refractivity contribution in [1.29, 1.82) is 0 Å². The number of H-pyrrole nitrogens is 1. The minimum atomic E-state index is 0.122. The van der Waals surface area contributed by atoms with Crippen LogP contribution in [-0.4, -0.2) is 23.4 Å². The maximum atomic E-state index is 10.1. The van der Waals surface area contributed by atoms with Gasteiger partial charge in [0.15, 0.2) is 5.88 Å². The average Bonchev–Trinajstić information content (AvgIpc) is 2.84. The molecular formula is C18H18N2O2. The summed E-state index contributed by atoms with van der Waals surface area (Å²) in [6.45, 7) is 2.65. The van der Waals surface area contributed by atoms with E-state index in [1.807, 2.05) is 30.3 Å². The van der Waals surface area contributed by atoms with Crippen LogP contribution in [0.1, 0.15) is 16.7 Å². The molecule has 0 bridgehead atoms. The highest BCUT2D eigenvalue weighted by atomic mass is 16.5. The van der Waals surface area contributed by atoms with Gasteiger partial charge in [-0.05, 0) is 36.2 Å². The maximum absolute atomic E-state index is 10.1. The third-order valence-electron chi connectivity index (χ3n) is 3.77. The number of hydrogen-bond acceptors (Lipinski definition) is 3. The topological polar surface area (TPSA) is 57.6 Å². The smallest absolute Gasteiger partial charge is 0.198 e. The highest BCUT2D eigenvalue weighted by molar-refractivity contribution is 6.02. The standard InChI is InChI=1S/C18H18N2O2/c1-12-5-3-4-6-13(12)10-19-11-16-15-9-14(22-2)7-8-17(15)20-18(16)21/h3-9,11,20-21H,10H2,1-2H3. The van der Waals surface area contributed by atoms with Gasteiger partial charge in [-0.2, -0.15) is 0 Å². The zero-order valence-corrected chi connectivity index (χ0v) is 12.6. The first-order valence-electron chi connectivity index (χ1n) is 7.12. The number of benzene rings is 2. The van der Waals surface area contributed by atoms with Gasteiger partial charge in [-0.15, -0.1) is 0 Å². The van der Waals surface area contributed by atoms with Gasteiger partial charge in [0.1, 0.15) is 5.75 Å². The molecule has 0 aliphatic carbocycles. The fourth-order valence-corrected chi connectivity index (χ4v) is 2.46. The lowest BCUT2D eigenvalue weighted by Crippen LogP contribution is -1.88. The van der Waals surface area contributed by atoms with Gasteiger partial charge < -0.3 is 14.8 Å². The van der Waals surface area contributed by atoms with Crippen LogP contribution in [0.5, 0.6) is 11.6 Å². The van der Waals surface area contributed by atoms with E-state index in [-0.39, 0.29) is 5.88 Å². The number of hydrogen-bond donors (Lipinski definition) is 2. The fourth-order valence-electron chi connectivity index (χ4n) is 2.46. The van der Waals surface area contributed by atoms with Crippen LogP contribution in [-0.2, 0) is 6.54 Å². The van der Waals surface area contributed by atoms with Gasteiger partial charge in [-0.3, -0.25) is 4.99 Å². The molecule has 0 atom stereocenters. The molecule has 4 nitrogen and oxygen atoms in total. The number of aryl methyl sites for hydroxylation is 1. The monoisotopic (exact) mass is 294 g/mol. The minimum absolute atomic E-state index is 0.122. The van der Waals surface area contributed by atoms with Gasteiger partial charge in [0.2, 0.25) is 0 Å². The molecule has 112 valence electrons. The molecule has 3 rings (SSSR count). The molecule has 0 saturated carbocycles. The molecule has 0 amide bonds. The molecular weight excluding hydrogens is 276 g/mol. The summed E-state index contributed by atoms with van der Waals surface area (Å²) in [5.41, 5.74) is 3.93. The number of aliphatic imine (C=N–C) groups is 1. The SMILES string of the molecule is COc1ccc2[nH]c(O)c(C=NCc3ccccc3C)c2c1. The molecule has 22 heavy (non-hydrogen) atoms. The van der Waals surface area contributed by atoms with Crippen molar-refractivity contribution in [2.45, 2.75) is 13.5 Å². The Bertz CT molecular complexity index is 834. The number of aromatic amines is 1. The zero-order valence-electron chi connectivity index (χ0n) is 12.6. The molecule has 2 N–H and O–H groups in total. The number of ether oxygens (including phenoxy) is 1. The Kier molecular flexibility index (Phi) is 3.83. The van der Waals surface area contributed by atoms with Crippen LogP contribution >= 0.6 is 0 Å². The number of aromatic nitrogens is 1. The molecule has 0 spiro atoms. The first-order valence-corrected chi connectivity index (χ1v) is 7.12. The molecule has 0 radical (unpaired) electrons. The molecule has 1 heterocycles.